The number of hydrogen-bond donors (Lipinski definition) is 0. The van der Waals surface area contributed by atoms with Gasteiger partial charge in [-0.2, -0.15) is 9.59 Å². The molecule has 0 aliphatic carbocycles. The zero-order valence-electron chi connectivity index (χ0n) is 3.13. The van der Waals surface area contributed by atoms with E-state index < -0.39 is 0 Å². The van der Waals surface area contributed by atoms with E-state index in [-0.39, 0.29) is 21.0 Å². The summed E-state index contributed by atoms with van der Waals surface area (Å²) in [5, 5.41) is 0. The van der Waals surface area contributed by atoms with Crippen molar-refractivity contribution in [2.75, 3.05) is 0 Å². The van der Waals surface area contributed by atoms with E-state index in [9.17, 15) is 0 Å². The molecule has 0 aromatic rings. The van der Waals surface area contributed by atoms with Crippen LogP contribution in [-0.4, -0.2) is 18.0 Å². The van der Waals surface area contributed by atoms with E-state index in [1.165, 1.54) is 0 Å². The van der Waals surface area contributed by atoms with Crippen LogP contribution in [0.1, 0.15) is 14.9 Å². The second kappa shape index (κ2) is 84.6. The van der Waals surface area contributed by atoms with Crippen molar-refractivity contribution < 1.29 is 19.2 Å². The molecule has 0 aliphatic rings. The Morgan fingerprint density at radius 3 is 0.778 bits per heavy atom. The SMILES string of the molecule is C.C.O=C=C=O.O=C=O. The van der Waals surface area contributed by atoms with Gasteiger partial charge in [0.05, 0.1) is 0 Å². The van der Waals surface area contributed by atoms with Crippen molar-refractivity contribution in [2.24, 2.45) is 0 Å². The van der Waals surface area contributed by atoms with E-state index in [4.69, 9.17) is 19.2 Å². The molecule has 0 saturated heterocycles. The van der Waals surface area contributed by atoms with Gasteiger partial charge in [-0.05, 0) is 0 Å². The topological polar surface area (TPSA) is 68.3 Å². The normalized spacial score (nSPS) is 2.22. The first-order chi connectivity index (χ1) is 3.33. The summed E-state index contributed by atoms with van der Waals surface area (Å²) >= 11 is 0. The first kappa shape index (κ1) is 25.7. The molecule has 52 valence electrons. The molecule has 0 radical (unpaired) electrons. The van der Waals surface area contributed by atoms with E-state index in [1.54, 1.807) is 0 Å². The number of rotatable bonds is 0. The van der Waals surface area contributed by atoms with Gasteiger partial charge in [-0.1, -0.05) is 14.9 Å². The summed E-state index contributed by atoms with van der Waals surface area (Å²) in [6, 6.07) is 0. The van der Waals surface area contributed by atoms with Crippen LogP contribution in [0.3, 0.4) is 0 Å². The minimum absolute atomic E-state index is 0. The molecule has 0 saturated carbocycles. The molecule has 0 N–H and O–H groups in total. The third kappa shape index (κ3) is 637. The zero-order valence-corrected chi connectivity index (χ0v) is 3.13. The summed E-state index contributed by atoms with van der Waals surface area (Å²) in [5.74, 6) is 1.75. The summed E-state index contributed by atoms with van der Waals surface area (Å²) in [4.78, 5) is 33.5. The van der Waals surface area contributed by atoms with Crippen molar-refractivity contribution in [2.45, 2.75) is 14.9 Å². The van der Waals surface area contributed by atoms with Gasteiger partial charge < -0.3 is 0 Å². The molecule has 0 aromatic carbocycles. The number of carbonyl (C=O) groups excluding carboxylic acids is 4. The molecule has 0 spiro atoms. The molecule has 4 nitrogen and oxygen atoms in total. The first-order valence-electron chi connectivity index (χ1n) is 1.07. The molecule has 0 atom stereocenters. The maximum atomic E-state index is 8.62. The molecule has 0 fully saturated rings. The Kier molecular flexibility index (Phi) is 242. The van der Waals surface area contributed by atoms with Crippen molar-refractivity contribution in [1.82, 2.24) is 0 Å². The Morgan fingerprint density at radius 2 is 0.778 bits per heavy atom. The molecule has 0 amide bonds. The van der Waals surface area contributed by atoms with E-state index in [0.29, 0.717) is 0 Å². The van der Waals surface area contributed by atoms with Gasteiger partial charge in [-0.15, -0.1) is 0 Å². The third-order valence-corrected chi connectivity index (χ3v) is 0.0417. The van der Waals surface area contributed by atoms with Crippen LogP contribution >= 0.6 is 0 Å². The van der Waals surface area contributed by atoms with Gasteiger partial charge in [-0.3, -0.25) is 0 Å². The van der Waals surface area contributed by atoms with Crippen LogP contribution in [0.15, 0.2) is 0 Å². The second-order valence-corrected chi connectivity index (χ2v) is 0.287. The van der Waals surface area contributed by atoms with Crippen LogP contribution in [0.25, 0.3) is 0 Å². The third-order valence-electron chi connectivity index (χ3n) is 0.0417. The highest BCUT2D eigenvalue weighted by atomic mass is 16.2. The van der Waals surface area contributed by atoms with Crippen LogP contribution in [0.5, 0.6) is 0 Å². The number of hydrogen-bond acceptors (Lipinski definition) is 4. The lowest BCUT2D eigenvalue weighted by Crippen LogP contribution is -1.38. The molecule has 9 heavy (non-hydrogen) atoms. The summed E-state index contributed by atoms with van der Waals surface area (Å²) < 4.78 is 0. The van der Waals surface area contributed by atoms with Crippen molar-refractivity contribution in [3.05, 3.63) is 0 Å². The predicted octanol–water partition coefficient (Wildman–Crippen LogP) is -0.106. The van der Waals surface area contributed by atoms with Gasteiger partial charge in [0.2, 0.25) is 11.9 Å². The Bertz CT molecular complexity index is 112. The fourth-order valence-corrected chi connectivity index (χ4v) is 0. The van der Waals surface area contributed by atoms with E-state index in [0.717, 1.165) is 11.9 Å². The standard InChI is InChI=1S/C2O2.CO2.2CH4/c3-1-2-4;2-1-3;;/h;;2*1H4. The lowest BCUT2D eigenvalue weighted by atomic mass is 11.2. The Labute approximate surface area is 53.2 Å². The van der Waals surface area contributed by atoms with Crippen LogP contribution < -0.4 is 0 Å². The maximum absolute atomic E-state index is 8.62. The fraction of sp³-hybridized carbons (Fsp3) is 0.400. The highest BCUT2D eigenvalue weighted by Crippen LogP contribution is 0.915. The lowest BCUT2D eigenvalue weighted by Gasteiger charge is -1.07. The second-order valence-electron chi connectivity index (χ2n) is 0.287. The van der Waals surface area contributed by atoms with Gasteiger partial charge in [0.1, 0.15) is 0 Å². The first-order valence-corrected chi connectivity index (χ1v) is 1.07. The van der Waals surface area contributed by atoms with Crippen LogP contribution in [0.2, 0.25) is 0 Å². The van der Waals surface area contributed by atoms with Gasteiger partial charge >= 0.3 is 6.15 Å². The summed E-state index contributed by atoms with van der Waals surface area (Å²) in [7, 11) is 0. The molecular formula is C5H8O4. The van der Waals surface area contributed by atoms with Crippen molar-refractivity contribution in [3.8, 4) is 0 Å². The molecule has 0 bridgehead atoms. The van der Waals surface area contributed by atoms with E-state index in [2.05, 4.69) is 0 Å². The van der Waals surface area contributed by atoms with Crippen LogP contribution in [0.4, 0.5) is 0 Å². The average molecular weight is 132 g/mol. The Hall–Kier alpha value is -1.46. The quantitative estimate of drug-likeness (QED) is 0.431. The average Bonchev–Trinajstić information content (AvgIpc) is 1.69. The lowest BCUT2D eigenvalue weighted by molar-refractivity contribution is -0.191. The van der Waals surface area contributed by atoms with Crippen molar-refractivity contribution >= 4 is 18.0 Å². The molecule has 0 aromatic heterocycles. The van der Waals surface area contributed by atoms with Gasteiger partial charge in [0, 0.05) is 0 Å². The largest absolute Gasteiger partial charge is 0.373 e. The van der Waals surface area contributed by atoms with Gasteiger partial charge in [0.25, 0.3) is 0 Å². The molecule has 4 heteroatoms. The monoisotopic (exact) mass is 132 g/mol. The smallest absolute Gasteiger partial charge is 0.221 e. The van der Waals surface area contributed by atoms with E-state index in [1.807, 2.05) is 0 Å². The van der Waals surface area contributed by atoms with Gasteiger partial charge in [-0.25, -0.2) is 9.59 Å². The van der Waals surface area contributed by atoms with Crippen LogP contribution in [-0.2, 0) is 19.2 Å². The molecule has 0 heterocycles. The minimum Gasteiger partial charge on any atom is -0.221 e. The Morgan fingerprint density at radius 1 is 0.667 bits per heavy atom. The zero-order chi connectivity index (χ0) is 6.12. The van der Waals surface area contributed by atoms with Crippen molar-refractivity contribution in [1.29, 1.82) is 0 Å². The fourth-order valence-electron chi connectivity index (χ4n) is 0. The minimum atomic E-state index is 0. The predicted molar refractivity (Wildman–Crippen MR) is 29.9 cm³/mol. The Balaban J connectivity index is -0.0000000233. The molecule has 0 aliphatic heterocycles. The highest BCUT2D eigenvalue weighted by molar-refractivity contribution is 5.81. The summed E-state index contributed by atoms with van der Waals surface area (Å²) in [5.41, 5.74) is 0. The van der Waals surface area contributed by atoms with Crippen LogP contribution in [0, 0.1) is 0 Å². The van der Waals surface area contributed by atoms with Gasteiger partial charge in [0.15, 0.2) is 0 Å². The van der Waals surface area contributed by atoms with Crippen molar-refractivity contribution in [3.63, 3.8) is 0 Å². The molecule has 0 unspecified atom stereocenters. The summed E-state index contributed by atoms with van der Waals surface area (Å²) in [6.07, 6.45) is 0.250. The highest BCUT2D eigenvalue weighted by Gasteiger charge is 1.27. The summed E-state index contributed by atoms with van der Waals surface area (Å²) in [6.45, 7) is 0. The molecule has 0 rings (SSSR count). The molecular weight excluding hydrogens is 124 g/mol. The maximum Gasteiger partial charge on any atom is 0.373 e. The van der Waals surface area contributed by atoms with E-state index >= 15 is 0 Å².